The van der Waals surface area contributed by atoms with Gasteiger partial charge in [0.2, 0.25) is 15.9 Å². The molecule has 1 aliphatic heterocycles. The summed E-state index contributed by atoms with van der Waals surface area (Å²) in [4.78, 5) is 12.7. The Labute approximate surface area is 161 Å². The van der Waals surface area contributed by atoms with Gasteiger partial charge in [-0.1, -0.05) is 43.7 Å². The number of nitrogens with zero attached hydrogens (tertiary/aromatic N) is 1. The number of benzene rings is 2. The molecule has 0 saturated carbocycles. The van der Waals surface area contributed by atoms with Gasteiger partial charge in [0.05, 0.1) is 4.90 Å². The highest BCUT2D eigenvalue weighted by Gasteiger charge is 2.32. The third kappa shape index (κ3) is 4.50. The minimum atomic E-state index is -3.53. The Morgan fingerprint density at radius 2 is 1.81 bits per heavy atom. The highest BCUT2D eigenvalue weighted by molar-refractivity contribution is 7.89. The summed E-state index contributed by atoms with van der Waals surface area (Å²) < 4.78 is 27.5. The highest BCUT2D eigenvalue weighted by atomic mass is 32.2. The number of hydrogen-bond donors (Lipinski definition) is 1. The molecule has 0 bridgehead atoms. The van der Waals surface area contributed by atoms with E-state index in [1.165, 1.54) is 4.31 Å². The average Bonchev–Trinajstić information content (AvgIpc) is 2.67. The van der Waals surface area contributed by atoms with Crippen molar-refractivity contribution in [2.75, 3.05) is 13.1 Å². The van der Waals surface area contributed by atoms with Gasteiger partial charge < -0.3 is 5.32 Å². The Morgan fingerprint density at radius 1 is 1.15 bits per heavy atom. The molecule has 3 rings (SSSR count). The Morgan fingerprint density at radius 3 is 2.48 bits per heavy atom. The van der Waals surface area contributed by atoms with Crippen LogP contribution >= 0.6 is 0 Å². The SMILES string of the molecule is CCC[C@@H](C)NC(=O)C1CCN(S(=O)(=O)c2ccc3ccccc3c2)CC1. The van der Waals surface area contributed by atoms with Crippen molar-refractivity contribution in [1.29, 1.82) is 0 Å². The number of carbonyl (C=O) groups excluding carboxylic acids is 1. The average molecular weight is 389 g/mol. The van der Waals surface area contributed by atoms with Crippen molar-refractivity contribution in [2.24, 2.45) is 5.92 Å². The zero-order valence-corrected chi connectivity index (χ0v) is 16.8. The molecule has 1 heterocycles. The van der Waals surface area contributed by atoms with Crippen LogP contribution in [-0.4, -0.2) is 37.8 Å². The fourth-order valence-electron chi connectivity index (χ4n) is 3.70. The zero-order valence-electron chi connectivity index (χ0n) is 16.0. The number of rotatable bonds is 6. The first kappa shape index (κ1) is 19.8. The van der Waals surface area contributed by atoms with Gasteiger partial charge in [-0.15, -0.1) is 0 Å². The minimum absolute atomic E-state index is 0.0544. The third-order valence-electron chi connectivity index (χ3n) is 5.29. The van der Waals surface area contributed by atoms with Crippen LogP contribution in [0.25, 0.3) is 10.8 Å². The molecular formula is C21H28N2O3S. The van der Waals surface area contributed by atoms with E-state index in [1.54, 1.807) is 12.1 Å². The van der Waals surface area contributed by atoms with Gasteiger partial charge in [-0.3, -0.25) is 4.79 Å². The molecule has 0 spiro atoms. The predicted molar refractivity (Wildman–Crippen MR) is 108 cm³/mol. The molecule has 1 atom stereocenters. The summed E-state index contributed by atoms with van der Waals surface area (Å²) in [5, 5.41) is 4.98. The van der Waals surface area contributed by atoms with Crippen molar-refractivity contribution >= 4 is 26.7 Å². The maximum Gasteiger partial charge on any atom is 0.243 e. The summed E-state index contributed by atoms with van der Waals surface area (Å²) in [6.45, 7) is 4.88. The molecule has 1 fully saturated rings. The van der Waals surface area contributed by atoms with Gasteiger partial charge in [0.15, 0.2) is 0 Å². The van der Waals surface area contributed by atoms with Gasteiger partial charge in [0.1, 0.15) is 0 Å². The Bertz CT molecular complexity index is 903. The number of nitrogens with one attached hydrogen (secondary N) is 1. The van der Waals surface area contributed by atoms with Gasteiger partial charge >= 0.3 is 0 Å². The summed E-state index contributed by atoms with van der Waals surface area (Å²) in [5.41, 5.74) is 0. The van der Waals surface area contributed by atoms with Crippen LogP contribution in [0, 0.1) is 5.92 Å². The number of hydrogen-bond acceptors (Lipinski definition) is 3. The summed E-state index contributed by atoms with van der Waals surface area (Å²) in [5.74, 6) is -0.0499. The van der Waals surface area contributed by atoms with E-state index < -0.39 is 10.0 Å². The van der Waals surface area contributed by atoms with Crippen LogP contribution in [0.4, 0.5) is 0 Å². The van der Waals surface area contributed by atoms with Crippen LogP contribution in [0.5, 0.6) is 0 Å². The van der Waals surface area contributed by atoms with Crippen molar-refractivity contribution in [2.45, 2.75) is 50.5 Å². The summed E-state index contributed by atoms with van der Waals surface area (Å²) in [6, 6.07) is 13.1. The first-order chi connectivity index (χ1) is 12.9. The molecule has 5 nitrogen and oxygen atoms in total. The molecule has 0 radical (unpaired) electrons. The molecule has 0 aromatic heterocycles. The van der Waals surface area contributed by atoms with E-state index in [-0.39, 0.29) is 17.9 Å². The highest BCUT2D eigenvalue weighted by Crippen LogP contribution is 2.26. The van der Waals surface area contributed by atoms with Crippen LogP contribution in [-0.2, 0) is 14.8 Å². The lowest BCUT2D eigenvalue weighted by Gasteiger charge is -2.31. The fourth-order valence-corrected chi connectivity index (χ4v) is 5.21. The lowest BCUT2D eigenvalue weighted by Crippen LogP contribution is -2.44. The second-order valence-corrected chi connectivity index (χ2v) is 9.32. The molecule has 2 aromatic carbocycles. The van der Waals surface area contributed by atoms with E-state index in [4.69, 9.17) is 0 Å². The molecule has 1 saturated heterocycles. The lowest BCUT2D eigenvalue weighted by molar-refractivity contribution is -0.126. The van der Waals surface area contributed by atoms with Gasteiger partial charge in [-0.2, -0.15) is 4.31 Å². The number of fused-ring (bicyclic) bond motifs is 1. The zero-order chi connectivity index (χ0) is 19.4. The van der Waals surface area contributed by atoms with Crippen molar-refractivity contribution in [1.82, 2.24) is 9.62 Å². The standard InChI is InChI=1S/C21H28N2O3S/c1-3-6-16(2)22-21(24)18-11-13-23(14-12-18)27(25,26)20-10-9-17-7-4-5-8-19(17)15-20/h4-5,7-10,15-16,18H,3,6,11-14H2,1-2H3,(H,22,24)/t16-/m1/s1. The van der Waals surface area contributed by atoms with Crippen LogP contribution in [0.3, 0.4) is 0 Å². The van der Waals surface area contributed by atoms with E-state index in [2.05, 4.69) is 12.2 Å². The predicted octanol–water partition coefficient (Wildman–Crippen LogP) is 3.55. The second-order valence-electron chi connectivity index (χ2n) is 7.39. The number of sulfonamides is 1. The molecule has 0 aliphatic carbocycles. The van der Waals surface area contributed by atoms with Gasteiger partial charge in [0, 0.05) is 25.0 Å². The largest absolute Gasteiger partial charge is 0.353 e. The van der Waals surface area contributed by atoms with Crippen LogP contribution in [0.2, 0.25) is 0 Å². The molecule has 1 amide bonds. The molecule has 1 N–H and O–H groups in total. The maximum atomic E-state index is 13.0. The lowest BCUT2D eigenvalue weighted by atomic mass is 9.96. The second kappa shape index (κ2) is 8.40. The van der Waals surface area contributed by atoms with E-state index in [0.29, 0.717) is 30.8 Å². The first-order valence-electron chi connectivity index (χ1n) is 9.71. The molecule has 27 heavy (non-hydrogen) atoms. The van der Waals surface area contributed by atoms with E-state index in [0.717, 1.165) is 23.6 Å². The normalized spacial score (nSPS) is 17.7. The quantitative estimate of drug-likeness (QED) is 0.823. The van der Waals surface area contributed by atoms with E-state index >= 15 is 0 Å². The van der Waals surface area contributed by atoms with Crippen LogP contribution in [0.15, 0.2) is 47.4 Å². The smallest absolute Gasteiger partial charge is 0.243 e. The van der Waals surface area contributed by atoms with Gasteiger partial charge in [0.25, 0.3) is 0 Å². The molecule has 2 aromatic rings. The maximum absolute atomic E-state index is 13.0. The summed E-state index contributed by atoms with van der Waals surface area (Å²) in [6.07, 6.45) is 3.12. The molecule has 0 unspecified atom stereocenters. The van der Waals surface area contributed by atoms with Crippen molar-refractivity contribution in [3.8, 4) is 0 Å². The molecule has 146 valence electrons. The van der Waals surface area contributed by atoms with Gasteiger partial charge in [-0.05, 0) is 49.1 Å². The molecule has 1 aliphatic rings. The number of carbonyl (C=O) groups is 1. The molecule has 6 heteroatoms. The molecular weight excluding hydrogens is 360 g/mol. The Kier molecular flexibility index (Phi) is 6.17. The van der Waals surface area contributed by atoms with Gasteiger partial charge in [-0.25, -0.2) is 8.42 Å². The first-order valence-corrected chi connectivity index (χ1v) is 11.1. The van der Waals surface area contributed by atoms with E-state index in [1.807, 2.05) is 37.3 Å². The summed E-state index contributed by atoms with van der Waals surface area (Å²) in [7, 11) is -3.53. The Balaban J connectivity index is 1.66. The van der Waals surface area contributed by atoms with Crippen molar-refractivity contribution < 1.29 is 13.2 Å². The number of amides is 1. The third-order valence-corrected chi connectivity index (χ3v) is 7.19. The fraction of sp³-hybridized carbons (Fsp3) is 0.476. The monoisotopic (exact) mass is 388 g/mol. The topological polar surface area (TPSA) is 66.5 Å². The van der Waals surface area contributed by atoms with Crippen LogP contribution < -0.4 is 5.32 Å². The minimum Gasteiger partial charge on any atom is -0.353 e. The van der Waals surface area contributed by atoms with E-state index in [9.17, 15) is 13.2 Å². The van der Waals surface area contributed by atoms with Crippen molar-refractivity contribution in [3.05, 3.63) is 42.5 Å². The number of piperidine rings is 1. The summed E-state index contributed by atoms with van der Waals surface area (Å²) >= 11 is 0. The van der Waals surface area contributed by atoms with Crippen molar-refractivity contribution in [3.63, 3.8) is 0 Å². The van der Waals surface area contributed by atoms with Crippen LogP contribution in [0.1, 0.15) is 39.5 Å². The Hall–Kier alpha value is -1.92.